The zero-order valence-electron chi connectivity index (χ0n) is 11.7. The van der Waals surface area contributed by atoms with E-state index in [-0.39, 0.29) is 16.5 Å². The van der Waals surface area contributed by atoms with E-state index in [1.54, 1.807) is 0 Å². The van der Waals surface area contributed by atoms with Gasteiger partial charge in [-0.25, -0.2) is 13.1 Å². The minimum atomic E-state index is -3.55. The van der Waals surface area contributed by atoms with Gasteiger partial charge in [0, 0.05) is 0 Å². The number of rotatable bonds is 6. The van der Waals surface area contributed by atoms with E-state index >= 15 is 0 Å². The van der Waals surface area contributed by atoms with Crippen LogP contribution in [0, 0.1) is 5.92 Å². The molecule has 20 heavy (non-hydrogen) atoms. The highest BCUT2D eigenvalue weighted by molar-refractivity contribution is 7.89. The zero-order valence-corrected chi connectivity index (χ0v) is 12.5. The first-order chi connectivity index (χ1) is 9.19. The zero-order chi connectivity index (χ0) is 15.5. The van der Waals surface area contributed by atoms with E-state index in [4.69, 9.17) is 11.5 Å². The van der Waals surface area contributed by atoms with Gasteiger partial charge in [0.05, 0.1) is 16.3 Å². The molecule has 0 aliphatic rings. The van der Waals surface area contributed by atoms with Gasteiger partial charge in [0.2, 0.25) is 15.9 Å². The van der Waals surface area contributed by atoms with Crippen molar-refractivity contribution in [1.82, 2.24) is 4.72 Å². The molecule has 0 saturated carbocycles. The number of hydrogen-bond acceptors (Lipinski definition) is 5. The van der Waals surface area contributed by atoms with Crippen LogP contribution in [0.2, 0.25) is 0 Å². The van der Waals surface area contributed by atoms with E-state index in [1.165, 1.54) is 25.2 Å². The molecule has 112 valence electrons. The Labute approximate surface area is 118 Å². The molecule has 0 heterocycles. The van der Waals surface area contributed by atoms with Crippen LogP contribution in [0.3, 0.4) is 0 Å². The maximum absolute atomic E-state index is 11.6. The highest BCUT2D eigenvalue weighted by Crippen LogP contribution is 2.24. The number of carbonyl (C=O) groups is 1. The maximum Gasteiger partial charge on any atom is 0.240 e. The van der Waals surface area contributed by atoms with Crippen LogP contribution in [0.4, 0.5) is 11.4 Å². The first-order valence-corrected chi connectivity index (χ1v) is 7.56. The SMILES string of the molecule is CNS(=O)(=O)c1ccc(NC(C(N)=O)C(C)C)c(N)c1. The molecule has 0 radical (unpaired) electrons. The van der Waals surface area contributed by atoms with Gasteiger partial charge in [-0.15, -0.1) is 0 Å². The standard InChI is InChI=1S/C12H20N4O3S/c1-7(2)11(12(14)17)16-10-5-4-8(6-9(10)13)20(18,19)15-3/h4-7,11,15-16H,13H2,1-3H3,(H2,14,17). The van der Waals surface area contributed by atoms with Crippen molar-refractivity contribution < 1.29 is 13.2 Å². The number of anilines is 2. The third-order valence-electron chi connectivity index (χ3n) is 2.89. The molecule has 1 amide bonds. The van der Waals surface area contributed by atoms with Crippen molar-refractivity contribution in [2.24, 2.45) is 11.7 Å². The van der Waals surface area contributed by atoms with Gasteiger partial charge in [0.1, 0.15) is 6.04 Å². The highest BCUT2D eigenvalue weighted by Gasteiger charge is 2.20. The third kappa shape index (κ3) is 3.61. The topological polar surface area (TPSA) is 127 Å². The summed E-state index contributed by atoms with van der Waals surface area (Å²) >= 11 is 0. The molecular weight excluding hydrogens is 280 g/mol. The van der Waals surface area contributed by atoms with Crippen LogP contribution >= 0.6 is 0 Å². The van der Waals surface area contributed by atoms with Crippen LogP contribution < -0.4 is 21.5 Å². The van der Waals surface area contributed by atoms with Gasteiger partial charge in [-0.1, -0.05) is 13.8 Å². The molecule has 8 heteroatoms. The second kappa shape index (κ2) is 6.10. The Balaban J connectivity index is 3.08. The Kier molecular flexibility index (Phi) is 4.96. The van der Waals surface area contributed by atoms with Gasteiger partial charge in [-0.3, -0.25) is 4.79 Å². The van der Waals surface area contributed by atoms with E-state index in [0.29, 0.717) is 5.69 Å². The maximum atomic E-state index is 11.6. The number of nitrogens with two attached hydrogens (primary N) is 2. The largest absolute Gasteiger partial charge is 0.397 e. The predicted molar refractivity (Wildman–Crippen MR) is 78.5 cm³/mol. The summed E-state index contributed by atoms with van der Waals surface area (Å²) in [6, 6.07) is 3.66. The summed E-state index contributed by atoms with van der Waals surface area (Å²) < 4.78 is 25.5. The Bertz CT molecular complexity index is 599. The summed E-state index contributed by atoms with van der Waals surface area (Å²) in [5, 5.41) is 2.93. The number of nitrogens with one attached hydrogen (secondary N) is 2. The molecule has 0 fully saturated rings. The van der Waals surface area contributed by atoms with Gasteiger partial charge < -0.3 is 16.8 Å². The van der Waals surface area contributed by atoms with Crippen molar-refractivity contribution in [3.8, 4) is 0 Å². The minimum absolute atomic E-state index is 0.0207. The summed E-state index contributed by atoms with van der Waals surface area (Å²) in [6.07, 6.45) is 0. The number of nitrogen functional groups attached to an aromatic ring is 1. The number of carbonyl (C=O) groups excluding carboxylic acids is 1. The Morgan fingerprint density at radius 2 is 1.90 bits per heavy atom. The van der Waals surface area contributed by atoms with Crippen LogP contribution in [-0.4, -0.2) is 27.4 Å². The Hall–Kier alpha value is -1.80. The highest BCUT2D eigenvalue weighted by atomic mass is 32.2. The molecule has 0 aliphatic carbocycles. The second-order valence-corrected chi connectivity index (χ2v) is 6.61. The summed E-state index contributed by atoms with van der Waals surface area (Å²) in [6.45, 7) is 3.69. The molecule has 0 spiro atoms. The monoisotopic (exact) mass is 300 g/mol. The minimum Gasteiger partial charge on any atom is -0.397 e. The fourth-order valence-electron chi connectivity index (χ4n) is 1.69. The number of sulfonamides is 1. The van der Waals surface area contributed by atoms with Crippen molar-refractivity contribution in [3.63, 3.8) is 0 Å². The first-order valence-electron chi connectivity index (χ1n) is 6.08. The summed E-state index contributed by atoms with van der Waals surface area (Å²) in [5.74, 6) is -0.515. The summed E-state index contributed by atoms with van der Waals surface area (Å²) in [4.78, 5) is 11.4. The molecule has 0 aliphatic heterocycles. The lowest BCUT2D eigenvalue weighted by Crippen LogP contribution is -2.39. The summed E-state index contributed by atoms with van der Waals surface area (Å²) in [7, 11) is -2.23. The van der Waals surface area contributed by atoms with Gasteiger partial charge in [0.15, 0.2) is 0 Å². The summed E-state index contributed by atoms with van der Waals surface area (Å²) in [5.41, 5.74) is 11.8. The van der Waals surface area contributed by atoms with E-state index in [0.717, 1.165) is 0 Å². The molecule has 1 atom stereocenters. The molecule has 6 N–H and O–H groups in total. The van der Waals surface area contributed by atoms with Crippen molar-refractivity contribution in [1.29, 1.82) is 0 Å². The lowest BCUT2D eigenvalue weighted by molar-refractivity contribution is -0.119. The van der Waals surface area contributed by atoms with E-state index in [1.807, 2.05) is 13.8 Å². The van der Waals surface area contributed by atoms with E-state index in [9.17, 15) is 13.2 Å². The fourth-order valence-corrected chi connectivity index (χ4v) is 2.46. The Morgan fingerprint density at radius 1 is 1.30 bits per heavy atom. The van der Waals surface area contributed by atoms with Gasteiger partial charge >= 0.3 is 0 Å². The number of benzene rings is 1. The molecule has 0 bridgehead atoms. The van der Waals surface area contributed by atoms with Gasteiger partial charge in [-0.2, -0.15) is 0 Å². The smallest absolute Gasteiger partial charge is 0.240 e. The lowest BCUT2D eigenvalue weighted by atomic mass is 10.0. The van der Waals surface area contributed by atoms with E-state index < -0.39 is 22.0 Å². The number of primary amides is 1. The lowest BCUT2D eigenvalue weighted by Gasteiger charge is -2.21. The van der Waals surface area contributed by atoms with Crippen molar-refractivity contribution in [3.05, 3.63) is 18.2 Å². The molecule has 0 aromatic heterocycles. The van der Waals surface area contributed by atoms with Crippen LogP contribution in [-0.2, 0) is 14.8 Å². The molecule has 7 nitrogen and oxygen atoms in total. The average Bonchev–Trinajstić information content (AvgIpc) is 2.36. The van der Waals surface area contributed by atoms with Crippen molar-refractivity contribution in [2.45, 2.75) is 24.8 Å². The van der Waals surface area contributed by atoms with Crippen LogP contribution in [0.5, 0.6) is 0 Å². The van der Waals surface area contributed by atoms with E-state index in [2.05, 4.69) is 10.0 Å². The molecular formula is C12H20N4O3S. The number of amides is 1. The van der Waals surface area contributed by atoms with Gasteiger partial charge in [-0.05, 0) is 31.2 Å². The quantitative estimate of drug-likeness (QED) is 0.554. The van der Waals surface area contributed by atoms with Crippen molar-refractivity contribution >= 4 is 27.3 Å². The molecule has 1 aromatic carbocycles. The van der Waals surface area contributed by atoms with Crippen LogP contribution in [0.25, 0.3) is 0 Å². The molecule has 1 aromatic rings. The molecule has 1 rings (SSSR count). The van der Waals surface area contributed by atoms with Crippen LogP contribution in [0.1, 0.15) is 13.8 Å². The second-order valence-electron chi connectivity index (χ2n) is 4.73. The average molecular weight is 300 g/mol. The number of hydrogen-bond donors (Lipinski definition) is 4. The van der Waals surface area contributed by atoms with Crippen LogP contribution in [0.15, 0.2) is 23.1 Å². The first kappa shape index (κ1) is 16.3. The normalized spacial score (nSPS) is 13.2. The fraction of sp³-hybridized carbons (Fsp3) is 0.417. The predicted octanol–water partition coefficient (Wildman–Crippen LogP) is 0.0987. The van der Waals surface area contributed by atoms with Gasteiger partial charge in [0.25, 0.3) is 0 Å². The molecule has 1 unspecified atom stereocenters. The Morgan fingerprint density at radius 3 is 2.30 bits per heavy atom. The third-order valence-corrected chi connectivity index (χ3v) is 4.30. The van der Waals surface area contributed by atoms with Crippen molar-refractivity contribution in [2.75, 3.05) is 18.1 Å². The molecule has 0 saturated heterocycles.